The van der Waals surface area contributed by atoms with Crippen molar-refractivity contribution in [1.82, 2.24) is 0 Å². The van der Waals surface area contributed by atoms with Gasteiger partial charge in [-0.15, -0.1) is 6.58 Å². The fourth-order valence-electron chi connectivity index (χ4n) is 1.36. The Kier molecular flexibility index (Phi) is 5.07. The third-order valence-electron chi connectivity index (χ3n) is 2.22. The Hall–Kier alpha value is -1.97. The van der Waals surface area contributed by atoms with Crippen molar-refractivity contribution in [3.05, 3.63) is 36.4 Å². The van der Waals surface area contributed by atoms with E-state index in [4.69, 9.17) is 9.84 Å². The lowest BCUT2D eigenvalue weighted by Gasteiger charge is -2.05. The topological polar surface area (TPSA) is 66.8 Å². The summed E-state index contributed by atoms with van der Waals surface area (Å²) in [7, 11) is 0. The van der Waals surface area contributed by atoms with E-state index in [1.165, 1.54) is 18.2 Å². The molecule has 0 saturated heterocycles. The predicted octanol–water partition coefficient (Wildman–Crippen LogP) is 2.15. The number of ether oxygens (including phenoxy) is 1. The Morgan fingerprint density at radius 1 is 1.35 bits per heavy atom. The van der Waals surface area contributed by atoms with Crippen LogP contribution in [0, 0.1) is 0 Å². The molecule has 0 amide bonds. The molecule has 0 atom stereocenters. The van der Waals surface area contributed by atoms with Gasteiger partial charge < -0.3 is 14.9 Å². The lowest BCUT2D eigenvalue weighted by molar-refractivity contribution is -0.142. The van der Waals surface area contributed by atoms with Gasteiger partial charge in [0.15, 0.2) is 11.5 Å². The summed E-state index contributed by atoms with van der Waals surface area (Å²) >= 11 is 0. The van der Waals surface area contributed by atoms with Crippen LogP contribution in [0.4, 0.5) is 0 Å². The standard InChI is InChI=1S/C13H16O4/c1-2-4-13(16)17-8-3-5-10-6-7-11(14)12(15)9-10/h2,6-7,9,14-15H,1,3-5,8H2. The number of phenolic OH excluding ortho intramolecular Hbond substituents is 2. The van der Waals surface area contributed by atoms with Gasteiger partial charge in [-0.1, -0.05) is 12.1 Å². The second kappa shape index (κ2) is 6.58. The number of hydrogen-bond acceptors (Lipinski definition) is 4. The third kappa shape index (κ3) is 4.59. The van der Waals surface area contributed by atoms with E-state index in [0.717, 1.165) is 5.56 Å². The summed E-state index contributed by atoms with van der Waals surface area (Å²) in [5, 5.41) is 18.4. The maximum absolute atomic E-state index is 11.0. The fraction of sp³-hybridized carbons (Fsp3) is 0.308. The molecule has 1 aromatic rings. The number of phenols is 2. The summed E-state index contributed by atoms with van der Waals surface area (Å²) in [6.07, 6.45) is 3.07. The average molecular weight is 236 g/mol. The number of hydrogen-bond donors (Lipinski definition) is 2. The van der Waals surface area contributed by atoms with Crippen molar-refractivity contribution >= 4 is 5.97 Å². The lowest BCUT2D eigenvalue weighted by atomic mass is 10.1. The molecule has 0 heterocycles. The summed E-state index contributed by atoms with van der Waals surface area (Å²) in [5.41, 5.74) is 0.889. The smallest absolute Gasteiger partial charge is 0.309 e. The van der Waals surface area contributed by atoms with E-state index in [2.05, 4.69) is 6.58 Å². The largest absolute Gasteiger partial charge is 0.504 e. The summed E-state index contributed by atoms with van der Waals surface area (Å²) in [4.78, 5) is 11.0. The number of carbonyl (C=O) groups excluding carboxylic acids is 1. The van der Waals surface area contributed by atoms with E-state index in [1.54, 1.807) is 6.07 Å². The molecule has 17 heavy (non-hydrogen) atoms. The van der Waals surface area contributed by atoms with Crippen LogP contribution in [0.15, 0.2) is 30.9 Å². The molecular weight excluding hydrogens is 220 g/mol. The van der Waals surface area contributed by atoms with E-state index in [0.29, 0.717) is 19.4 Å². The maximum atomic E-state index is 11.0. The molecule has 0 aliphatic rings. The van der Waals surface area contributed by atoms with Gasteiger partial charge in [-0.2, -0.15) is 0 Å². The first-order chi connectivity index (χ1) is 8.13. The SMILES string of the molecule is C=CCC(=O)OCCCc1ccc(O)c(O)c1. The normalized spacial score (nSPS) is 9.88. The van der Waals surface area contributed by atoms with Crippen LogP contribution in [0.25, 0.3) is 0 Å². The molecule has 1 aromatic carbocycles. The molecule has 0 fully saturated rings. The van der Waals surface area contributed by atoms with Crippen molar-refractivity contribution in [1.29, 1.82) is 0 Å². The molecule has 4 heteroatoms. The number of aryl methyl sites for hydroxylation is 1. The second-order valence-electron chi connectivity index (χ2n) is 3.64. The van der Waals surface area contributed by atoms with Crippen LogP contribution in [0.3, 0.4) is 0 Å². The Morgan fingerprint density at radius 2 is 2.12 bits per heavy atom. The summed E-state index contributed by atoms with van der Waals surface area (Å²) < 4.78 is 4.94. The van der Waals surface area contributed by atoms with Crippen molar-refractivity contribution in [2.75, 3.05) is 6.61 Å². The zero-order valence-electron chi connectivity index (χ0n) is 9.56. The molecule has 0 spiro atoms. The summed E-state index contributed by atoms with van der Waals surface area (Å²) in [5.74, 6) is -0.550. The molecule has 4 nitrogen and oxygen atoms in total. The van der Waals surface area contributed by atoms with Gasteiger partial charge in [-0.3, -0.25) is 4.79 Å². The highest BCUT2D eigenvalue weighted by Gasteiger charge is 2.02. The van der Waals surface area contributed by atoms with E-state index in [1.807, 2.05) is 0 Å². The summed E-state index contributed by atoms with van der Waals surface area (Å²) in [6.45, 7) is 3.78. The van der Waals surface area contributed by atoms with Gasteiger partial charge in [0, 0.05) is 0 Å². The first-order valence-electron chi connectivity index (χ1n) is 5.41. The van der Waals surface area contributed by atoms with Gasteiger partial charge in [0.1, 0.15) is 0 Å². The molecule has 0 unspecified atom stereocenters. The molecule has 0 aromatic heterocycles. The molecule has 0 radical (unpaired) electrons. The Labute approximate surface area is 100 Å². The van der Waals surface area contributed by atoms with Gasteiger partial charge in [0.05, 0.1) is 13.0 Å². The predicted molar refractivity (Wildman–Crippen MR) is 63.9 cm³/mol. The van der Waals surface area contributed by atoms with Gasteiger partial charge in [-0.25, -0.2) is 0 Å². The van der Waals surface area contributed by atoms with Crippen LogP contribution in [-0.4, -0.2) is 22.8 Å². The highest BCUT2D eigenvalue weighted by atomic mass is 16.5. The number of aromatic hydroxyl groups is 2. The number of rotatable bonds is 6. The van der Waals surface area contributed by atoms with Crippen LogP contribution in [0.2, 0.25) is 0 Å². The van der Waals surface area contributed by atoms with Crippen molar-refractivity contribution in [2.24, 2.45) is 0 Å². The second-order valence-corrected chi connectivity index (χ2v) is 3.64. The Balaban J connectivity index is 2.29. The zero-order valence-corrected chi connectivity index (χ0v) is 9.56. The van der Waals surface area contributed by atoms with Gasteiger partial charge in [0.2, 0.25) is 0 Å². The van der Waals surface area contributed by atoms with Gasteiger partial charge >= 0.3 is 5.97 Å². The van der Waals surface area contributed by atoms with Crippen molar-refractivity contribution in [3.8, 4) is 11.5 Å². The van der Waals surface area contributed by atoms with Crippen LogP contribution in [0.5, 0.6) is 11.5 Å². The molecule has 2 N–H and O–H groups in total. The number of benzene rings is 1. The number of carbonyl (C=O) groups is 1. The Bertz CT molecular complexity index is 398. The van der Waals surface area contributed by atoms with E-state index < -0.39 is 0 Å². The quantitative estimate of drug-likeness (QED) is 0.344. The fourth-order valence-corrected chi connectivity index (χ4v) is 1.36. The number of esters is 1. The van der Waals surface area contributed by atoms with E-state index >= 15 is 0 Å². The average Bonchev–Trinajstić information content (AvgIpc) is 2.29. The Morgan fingerprint density at radius 3 is 2.76 bits per heavy atom. The maximum Gasteiger partial charge on any atom is 0.309 e. The molecule has 92 valence electrons. The van der Waals surface area contributed by atoms with Crippen molar-refractivity contribution < 1.29 is 19.7 Å². The van der Waals surface area contributed by atoms with Gasteiger partial charge in [-0.05, 0) is 30.5 Å². The van der Waals surface area contributed by atoms with Crippen molar-refractivity contribution in [3.63, 3.8) is 0 Å². The third-order valence-corrected chi connectivity index (χ3v) is 2.22. The molecule has 0 aliphatic heterocycles. The minimum Gasteiger partial charge on any atom is -0.504 e. The molecule has 0 bridgehead atoms. The molecular formula is C13H16O4. The van der Waals surface area contributed by atoms with Crippen LogP contribution in [0.1, 0.15) is 18.4 Å². The highest BCUT2D eigenvalue weighted by Crippen LogP contribution is 2.25. The minimum absolute atomic E-state index is 0.133. The first kappa shape index (κ1) is 13.1. The van der Waals surface area contributed by atoms with Crippen LogP contribution in [-0.2, 0) is 16.0 Å². The van der Waals surface area contributed by atoms with Crippen LogP contribution < -0.4 is 0 Å². The summed E-state index contributed by atoms with van der Waals surface area (Å²) in [6, 6.07) is 4.66. The molecule has 0 aliphatic carbocycles. The van der Waals surface area contributed by atoms with Crippen molar-refractivity contribution in [2.45, 2.75) is 19.3 Å². The highest BCUT2D eigenvalue weighted by molar-refractivity contribution is 5.70. The molecule has 1 rings (SSSR count). The monoisotopic (exact) mass is 236 g/mol. The molecule has 0 saturated carbocycles. The minimum atomic E-state index is -0.284. The van der Waals surface area contributed by atoms with E-state index in [9.17, 15) is 9.90 Å². The van der Waals surface area contributed by atoms with Gasteiger partial charge in [0.25, 0.3) is 0 Å². The first-order valence-corrected chi connectivity index (χ1v) is 5.41. The van der Waals surface area contributed by atoms with Crippen LogP contribution >= 0.6 is 0 Å². The zero-order chi connectivity index (χ0) is 12.7. The van der Waals surface area contributed by atoms with E-state index in [-0.39, 0.29) is 23.9 Å². The lowest BCUT2D eigenvalue weighted by Crippen LogP contribution is -2.05.